The number of carbonyl (C=O) groups is 2. The summed E-state index contributed by atoms with van der Waals surface area (Å²) in [5.41, 5.74) is 1.36. The van der Waals surface area contributed by atoms with E-state index < -0.39 is 28.5 Å². The Kier molecular flexibility index (Phi) is 10.7. The molecule has 0 aromatic heterocycles. The Morgan fingerprint density at radius 1 is 0.921 bits per heavy atom. The van der Waals surface area contributed by atoms with Crippen molar-refractivity contribution >= 4 is 39.1 Å². The lowest BCUT2D eigenvalue weighted by Gasteiger charge is -2.32. The second-order valence-corrected chi connectivity index (χ2v) is 11.2. The predicted molar refractivity (Wildman–Crippen MR) is 152 cm³/mol. The van der Waals surface area contributed by atoms with Crippen LogP contribution in [0.5, 0.6) is 0 Å². The summed E-state index contributed by atoms with van der Waals surface area (Å²) in [5.74, 6) is -0.743. The van der Waals surface area contributed by atoms with Gasteiger partial charge in [0.05, 0.1) is 10.6 Å². The number of sulfonamides is 1. The van der Waals surface area contributed by atoms with E-state index in [0.29, 0.717) is 23.7 Å². The van der Waals surface area contributed by atoms with Crippen molar-refractivity contribution in [2.24, 2.45) is 0 Å². The maximum atomic E-state index is 13.8. The first-order chi connectivity index (χ1) is 18.2. The first-order valence-corrected chi connectivity index (χ1v) is 14.5. The molecule has 0 unspecified atom stereocenters. The number of anilines is 1. The molecule has 0 fully saturated rings. The molecule has 202 valence electrons. The summed E-state index contributed by atoms with van der Waals surface area (Å²) in [6.45, 7) is 4.02. The molecule has 0 heterocycles. The highest BCUT2D eigenvalue weighted by atomic mass is 35.5. The van der Waals surface area contributed by atoms with E-state index in [2.05, 4.69) is 5.32 Å². The highest BCUT2D eigenvalue weighted by Gasteiger charge is 2.32. The number of hydrogen-bond donors (Lipinski definition) is 1. The molecular formula is C29H34ClN3O4S. The van der Waals surface area contributed by atoms with Crippen LogP contribution in [0.25, 0.3) is 0 Å². The van der Waals surface area contributed by atoms with Crippen LogP contribution >= 0.6 is 11.6 Å². The van der Waals surface area contributed by atoms with Gasteiger partial charge in [0.25, 0.3) is 10.0 Å². The molecule has 38 heavy (non-hydrogen) atoms. The number of carbonyl (C=O) groups excluding carboxylic acids is 2. The van der Waals surface area contributed by atoms with E-state index in [1.54, 1.807) is 37.3 Å². The van der Waals surface area contributed by atoms with Crippen LogP contribution < -0.4 is 9.62 Å². The summed E-state index contributed by atoms with van der Waals surface area (Å²) in [4.78, 5) is 28.2. The summed E-state index contributed by atoms with van der Waals surface area (Å²) in [6, 6.07) is 23.1. The number of rotatable bonds is 13. The monoisotopic (exact) mass is 555 g/mol. The molecule has 7 nitrogen and oxygen atoms in total. The zero-order chi connectivity index (χ0) is 27.5. The van der Waals surface area contributed by atoms with Gasteiger partial charge in [-0.1, -0.05) is 73.5 Å². The largest absolute Gasteiger partial charge is 0.354 e. The molecule has 0 saturated heterocycles. The second-order valence-electron chi connectivity index (χ2n) is 8.94. The Hall–Kier alpha value is -3.36. The SMILES string of the molecule is CCCCNC(=O)[C@H](C)N(CCc1ccccc1)C(=O)CN(c1ccccc1)S(=O)(=O)c1ccc(Cl)cc1. The minimum absolute atomic E-state index is 0.0137. The highest BCUT2D eigenvalue weighted by Crippen LogP contribution is 2.25. The summed E-state index contributed by atoms with van der Waals surface area (Å²) >= 11 is 5.97. The zero-order valence-electron chi connectivity index (χ0n) is 21.7. The van der Waals surface area contributed by atoms with Crippen LogP contribution in [0.1, 0.15) is 32.3 Å². The topological polar surface area (TPSA) is 86.8 Å². The van der Waals surface area contributed by atoms with Gasteiger partial charge < -0.3 is 10.2 Å². The van der Waals surface area contributed by atoms with Gasteiger partial charge in [-0.3, -0.25) is 13.9 Å². The Balaban J connectivity index is 1.91. The van der Waals surface area contributed by atoms with Gasteiger partial charge in [0.2, 0.25) is 11.8 Å². The lowest BCUT2D eigenvalue weighted by molar-refractivity contribution is -0.138. The average molecular weight is 556 g/mol. The maximum Gasteiger partial charge on any atom is 0.264 e. The van der Waals surface area contributed by atoms with Gasteiger partial charge in [-0.05, 0) is 61.7 Å². The normalized spacial score (nSPS) is 12.0. The van der Waals surface area contributed by atoms with E-state index in [0.717, 1.165) is 22.7 Å². The van der Waals surface area contributed by atoms with Gasteiger partial charge in [0.1, 0.15) is 12.6 Å². The molecule has 3 rings (SSSR count). The molecule has 1 N–H and O–H groups in total. The van der Waals surface area contributed by atoms with Crippen molar-refractivity contribution in [3.8, 4) is 0 Å². The first kappa shape index (κ1) is 29.2. The van der Waals surface area contributed by atoms with Crippen LogP contribution in [0, 0.1) is 0 Å². The van der Waals surface area contributed by atoms with E-state index in [9.17, 15) is 18.0 Å². The summed E-state index contributed by atoms with van der Waals surface area (Å²) < 4.78 is 28.5. The molecule has 0 saturated carbocycles. The average Bonchev–Trinajstić information content (AvgIpc) is 2.93. The smallest absolute Gasteiger partial charge is 0.264 e. The van der Waals surface area contributed by atoms with E-state index in [1.165, 1.54) is 29.2 Å². The van der Waals surface area contributed by atoms with Crippen LogP contribution in [-0.2, 0) is 26.0 Å². The molecule has 0 aliphatic rings. The number of hydrogen-bond acceptors (Lipinski definition) is 4. The fourth-order valence-electron chi connectivity index (χ4n) is 3.96. The van der Waals surface area contributed by atoms with E-state index >= 15 is 0 Å². The van der Waals surface area contributed by atoms with Crippen molar-refractivity contribution < 1.29 is 18.0 Å². The van der Waals surface area contributed by atoms with Gasteiger partial charge in [-0.25, -0.2) is 8.42 Å². The summed E-state index contributed by atoms with van der Waals surface area (Å²) in [5, 5.41) is 3.29. The minimum atomic E-state index is -4.10. The molecule has 1 atom stereocenters. The Labute approximate surface area is 230 Å². The first-order valence-electron chi connectivity index (χ1n) is 12.7. The van der Waals surface area contributed by atoms with Gasteiger partial charge in [0.15, 0.2) is 0 Å². The molecule has 9 heteroatoms. The second kappa shape index (κ2) is 14.0. The lowest BCUT2D eigenvalue weighted by atomic mass is 10.1. The van der Waals surface area contributed by atoms with Crippen LogP contribution in [-0.4, -0.2) is 50.8 Å². The third kappa shape index (κ3) is 7.82. The number of halogens is 1. The molecule has 0 aliphatic heterocycles. The summed E-state index contributed by atoms with van der Waals surface area (Å²) in [7, 11) is -4.10. The zero-order valence-corrected chi connectivity index (χ0v) is 23.3. The molecule has 0 aliphatic carbocycles. The van der Waals surface area contributed by atoms with Gasteiger partial charge in [0, 0.05) is 18.1 Å². The molecule has 0 radical (unpaired) electrons. The van der Waals surface area contributed by atoms with Crippen LogP contribution in [0.4, 0.5) is 5.69 Å². The van der Waals surface area contributed by atoms with Crippen molar-refractivity contribution in [3.05, 3.63) is 95.5 Å². The maximum absolute atomic E-state index is 13.8. The molecular weight excluding hydrogens is 522 g/mol. The number of unbranched alkanes of at least 4 members (excludes halogenated alkanes) is 1. The van der Waals surface area contributed by atoms with Crippen molar-refractivity contribution in [2.45, 2.75) is 44.0 Å². The van der Waals surface area contributed by atoms with E-state index in [-0.39, 0.29) is 17.3 Å². The third-order valence-electron chi connectivity index (χ3n) is 6.21. The van der Waals surface area contributed by atoms with Crippen molar-refractivity contribution in [1.29, 1.82) is 0 Å². The molecule has 0 spiro atoms. The fraction of sp³-hybridized carbons (Fsp3) is 0.310. The highest BCUT2D eigenvalue weighted by molar-refractivity contribution is 7.92. The number of amides is 2. The quantitative estimate of drug-likeness (QED) is 0.304. The molecule has 3 aromatic carbocycles. The standard InChI is InChI=1S/C29H34ClN3O4S/c1-3-4-20-31-29(35)23(2)32(21-19-24-11-7-5-8-12-24)28(34)22-33(26-13-9-6-10-14-26)38(36,37)27-17-15-25(30)16-18-27/h5-18,23H,3-4,19-22H2,1-2H3,(H,31,35)/t23-/m0/s1. The number of para-hydroxylation sites is 1. The van der Waals surface area contributed by atoms with Crippen LogP contribution in [0.2, 0.25) is 5.02 Å². The van der Waals surface area contributed by atoms with Crippen molar-refractivity contribution in [3.63, 3.8) is 0 Å². The lowest BCUT2D eigenvalue weighted by Crippen LogP contribution is -2.52. The van der Waals surface area contributed by atoms with Crippen molar-refractivity contribution in [2.75, 3.05) is 23.9 Å². The fourth-order valence-corrected chi connectivity index (χ4v) is 5.50. The van der Waals surface area contributed by atoms with E-state index in [4.69, 9.17) is 11.6 Å². The van der Waals surface area contributed by atoms with Gasteiger partial charge in [-0.15, -0.1) is 0 Å². The molecule has 2 amide bonds. The Morgan fingerprint density at radius 3 is 2.13 bits per heavy atom. The Morgan fingerprint density at radius 2 is 1.53 bits per heavy atom. The molecule has 0 bridgehead atoms. The Bertz CT molecular complexity index is 1290. The van der Waals surface area contributed by atoms with E-state index in [1.807, 2.05) is 37.3 Å². The number of nitrogens with zero attached hydrogens (tertiary/aromatic N) is 2. The number of nitrogens with one attached hydrogen (secondary N) is 1. The van der Waals surface area contributed by atoms with Crippen LogP contribution in [0.3, 0.4) is 0 Å². The third-order valence-corrected chi connectivity index (χ3v) is 8.25. The predicted octanol–water partition coefficient (Wildman–Crippen LogP) is 4.91. The molecule has 3 aromatic rings. The van der Waals surface area contributed by atoms with Gasteiger partial charge >= 0.3 is 0 Å². The minimum Gasteiger partial charge on any atom is -0.354 e. The van der Waals surface area contributed by atoms with Crippen molar-refractivity contribution in [1.82, 2.24) is 10.2 Å². The van der Waals surface area contributed by atoms with Gasteiger partial charge in [-0.2, -0.15) is 0 Å². The van der Waals surface area contributed by atoms with Crippen LogP contribution in [0.15, 0.2) is 89.8 Å². The number of benzene rings is 3. The summed E-state index contributed by atoms with van der Waals surface area (Å²) in [6.07, 6.45) is 2.28.